The van der Waals surface area contributed by atoms with Gasteiger partial charge in [0.05, 0.1) is 12.3 Å². The van der Waals surface area contributed by atoms with Crippen molar-refractivity contribution in [1.29, 1.82) is 5.26 Å². The van der Waals surface area contributed by atoms with Crippen LogP contribution in [-0.2, 0) is 13.0 Å². The highest BCUT2D eigenvalue weighted by atomic mass is 32.2. The first-order valence-corrected chi connectivity index (χ1v) is 14.2. The minimum absolute atomic E-state index is 0.557. The number of rotatable bonds is 5. The van der Waals surface area contributed by atoms with Crippen LogP contribution in [0.15, 0.2) is 101 Å². The molecule has 0 saturated heterocycles. The van der Waals surface area contributed by atoms with E-state index in [0.29, 0.717) is 18.0 Å². The number of hydrogen-bond acceptors (Lipinski definition) is 6. The summed E-state index contributed by atoms with van der Waals surface area (Å²) in [6.07, 6.45) is 4.28. The molecule has 3 aromatic carbocycles. The molecule has 7 heteroatoms. The van der Waals surface area contributed by atoms with Crippen molar-refractivity contribution in [3.05, 3.63) is 119 Å². The van der Waals surface area contributed by atoms with Crippen LogP contribution in [0.5, 0.6) is 5.75 Å². The number of benzene rings is 3. The molecule has 0 N–H and O–H groups in total. The highest BCUT2D eigenvalue weighted by molar-refractivity contribution is 8.06. The zero-order valence-electron chi connectivity index (χ0n) is 22.0. The molecule has 0 aliphatic carbocycles. The van der Waals surface area contributed by atoms with Crippen molar-refractivity contribution < 1.29 is 4.74 Å². The fourth-order valence-corrected chi connectivity index (χ4v) is 5.69. The van der Waals surface area contributed by atoms with Crippen molar-refractivity contribution in [2.24, 2.45) is 0 Å². The van der Waals surface area contributed by atoms with Gasteiger partial charge in [-0.25, -0.2) is 0 Å². The number of nitrogens with zero attached hydrogens (tertiary/aromatic N) is 5. The lowest BCUT2D eigenvalue weighted by molar-refractivity contribution is 0.340. The molecule has 0 amide bonds. The predicted molar refractivity (Wildman–Crippen MR) is 159 cm³/mol. The molecule has 39 heavy (non-hydrogen) atoms. The fourth-order valence-electron chi connectivity index (χ4n) is 4.66. The number of anilines is 1. The number of nitriles is 1. The number of aryl methyl sites for hydroxylation is 1. The first-order chi connectivity index (χ1) is 19.3. The number of para-hydroxylation sites is 1. The van der Waals surface area contributed by atoms with E-state index in [2.05, 4.69) is 55.4 Å². The highest BCUT2D eigenvalue weighted by Crippen LogP contribution is 2.46. The van der Waals surface area contributed by atoms with E-state index in [0.717, 1.165) is 59.4 Å². The van der Waals surface area contributed by atoms with Gasteiger partial charge < -0.3 is 14.2 Å². The number of allylic oxidation sites excluding steroid dienone is 1. The average Bonchev–Trinajstić information content (AvgIpc) is 3.53. The fraction of sp³-hybridized carbons (Fsp3) is 0.219. The van der Waals surface area contributed by atoms with Crippen LogP contribution < -0.4 is 9.64 Å². The van der Waals surface area contributed by atoms with Gasteiger partial charge in [0.15, 0.2) is 5.82 Å². The van der Waals surface area contributed by atoms with Crippen LogP contribution in [0.3, 0.4) is 0 Å². The monoisotopic (exact) mass is 533 g/mol. The maximum atomic E-state index is 10.3. The minimum Gasteiger partial charge on any atom is -0.494 e. The summed E-state index contributed by atoms with van der Waals surface area (Å²) in [6.45, 7) is 3.47. The summed E-state index contributed by atoms with van der Waals surface area (Å²) in [5, 5.41) is 22.1. The molecule has 6 nitrogen and oxygen atoms in total. The van der Waals surface area contributed by atoms with E-state index in [1.165, 1.54) is 6.42 Å². The maximum absolute atomic E-state index is 10.3. The molecular formula is C32H31N5OS. The van der Waals surface area contributed by atoms with Crippen molar-refractivity contribution in [1.82, 2.24) is 14.8 Å². The predicted octanol–water partition coefficient (Wildman–Crippen LogP) is 7.53. The second-order valence-corrected chi connectivity index (χ2v) is 9.96. The Morgan fingerprint density at radius 2 is 1.59 bits per heavy atom. The molecule has 1 aromatic heterocycles. The Morgan fingerprint density at radius 1 is 0.897 bits per heavy atom. The Morgan fingerprint density at radius 3 is 2.26 bits per heavy atom. The normalized spacial score (nSPS) is 15.7. The molecule has 0 radical (unpaired) electrons. The number of hydrogen-bond donors (Lipinski definition) is 0. The second-order valence-electron chi connectivity index (χ2n) is 9.10. The summed E-state index contributed by atoms with van der Waals surface area (Å²) in [5.74, 6) is 2.49. The molecule has 0 saturated carbocycles. The summed E-state index contributed by atoms with van der Waals surface area (Å²) in [6, 6.07) is 32.7. The summed E-state index contributed by atoms with van der Waals surface area (Å²) >= 11 is 1.56. The highest BCUT2D eigenvalue weighted by Gasteiger charge is 2.30. The van der Waals surface area contributed by atoms with E-state index in [1.807, 2.05) is 73.7 Å². The number of fused-ring (bicyclic) bond motifs is 1. The molecule has 3 heterocycles. The lowest BCUT2D eigenvalue weighted by Crippen LogP contribution is -2.18. The van der Waals surface area contributed by atoms with Crippen LogP contribution >= 0.6 is 11.8 Å². The Labute approximate surface area is 234 Å². The van der Waals surface area contributed by atoms with Gasteiger partial charge >= 0.3 is 0 Å². The standard InChI is InChI=1S/C26H25N5OS.C6H6/c1-2-32-21-14-12-19(13-15-21)23-18-33-26(31(23)20-9-5-3-6-10-20)22(17-27)25-29-28-24-11-7-4-8-16-30(24)25;1-2-4-6-5-3-1/h3,5-6,9-10,12-15,18H,2,4,7-8,11,16H2,1H3;1-6H. The molecule has 0 fully saturated rings. The first-order valence-electron chi connectivity index (χ1n) is 13.3. The van der Waals surface area contributed by atoms with Crippen LogP contribution in [0.4, 0.5) is 5.69 Å². The van der Waals surface area contributed by atoms with Gasteiger partial charge in [-0.1, -0.05) is 72.8 Å². The molecule has 4 aromatic rings. The molecule has 196 valence electrons. The third kappa shape index (κ3) is 6.08. The van der Waals surface area contributed by atoms with Gasteiger partial charge in [-0.05, 0) is 61.7 Å². The number of aromatic nitrogens is 3. The minimum atomic E-state index is 0.557. The topological polar surface area (TPSA) is 67.0 Å². The quantitative estimate of drug-likeness (QED) is 0.247. The van der Waals surface area contributed by atoms with Crippen molar-refractivity contribution in [2.75, 3.05) is 11.5 Å². The van der Waals surface area contributed by atoms with Gasteiger partial charge in [0.2, 0.25) is 0 Å². The van der Waals surface area contributed by atoms with Gasteiger partial charge in [-0.2, -0.15) is 5.26 Å². The maximum Gasteiger partial charge on any atom is 0.177 e. The zero-order valence-corrected chi connectivity index (χ0v) is 22.8. The smallest absolute Gasteiger partial charge is 0.177 e. The van der Waals surface area contributed by atoms with Crippen molar-refractivity contribution >= 4 is 28.7 Å². The summed E-state index contributed by atoms with van der Waals surface area (Å²) in [4.78, 5) is 2.15. The molecule has 6 rings (SSSR count). The Balaban J connectivity index is 0.000000455. The average molecular weight is 534 g/mol. The van der Waals surface area contributed by atoms with E-state index in [4.69, 9.17) is 4.74 Å². The van der Waals surface area contributed by atoms with Crippen molar-refractivity contribution in [3.63, 3.8) is 0 Å². The number of thioether (sulfide) groups is 1. The second kappa shape index (κ2) is 13.0. The SMILES string of the molecule is CCOc1ccc(C2=CSC(=C(C#N)c3nnc4n3CCCCC4)N2c2ccccc2)cc1.c1ccccc1. The lowest BCUT2D eigenvalue weighted by atomic mass is 10.1. The van der Waals surface area contributed by atoms with Gasteiger partial charge in [0.25, 0.3) is 0 Å². The summed E-state index contributed by atoms with van der Waals surface area (Å²) < 4.78 is 7.75. The van der Waals surface area contributed by atoms with Gasteiger partial charge in [0.1, 0.15) is 28.2 Å². The van der Waals surface area contributed by atoms with E-state index in [-0.39, 0.29) is 0 Å². The summed E-state index contributed by atoms with van der Waals surface area (Å²) in [7, 11) is 0. The van der Waals surface area contributed by atoms with Crippen LogP contribution in [0, 0.1) is 11.3 Å². The molecule has 2 aliphatic rings. The molecule has 0 unspecified atom stereocenters. The van der Waals surface area contributed by atoms with Gasteiger partial charge in [0, 0.05) is 24.1 Å². The summed E-state index contributed by atoms with van der Waals surface area (Å²) in [5.41, 5.74) is 3.64. The van der Waals surface area contributed by atoms with Crippen LogP contribution in [-0.4, -0.2) is 21.4 Å². The lowest BCUT2D eigenvalue weighted by Gasteiger charge is -2.25. The largest absolute Gasteiger partial charge is 0.494 e. The Hall–Kier alpha value is -4.28. The van der Waals surface area contributed by atoms with Gasteiger partial charge in [-0.3, -0.25) is 0 Å². The van der Waals surface area contributed by atoms with E-state index >= 15 is 0 Å². The van der Waals surface area contributed by atoms with Crippen molar-refractivity contribution in [3.8, 4) is 11.8 Å². The Bertz CT molecular complexity index is 1440. The molecule has 0 atom stereocenters. The van der Waals surface area contributed by atoms with Gasteiger partial charge in [-0.15, -0.1) is 10.2 Å². The van der Waals surface area contributed by atoms with E-state index < -0.39 is 0 Å². The molecule has 0 spiro atoms. The molecular weight excluding hydrogens is 502 g/mol. The molecule has 2 aliphatic heterocycles. The molecule has 0 bridgehead atoms. The van der Waals surface area contributed by atoms with Crippen LogP contribution in [0.25, 0.3) is 11.3 Å². The number of ether oxygens (including phenoxy) is 1. The van der Waals surface area contributed by atoms with E-state index in [1.54, 1.807) is 11.8 Å². The zero-order chi connectivity index (χ0) is 26.9. The first kappa shape index (κ1) is 26.3. The third-order valence-corrected chi connectivity index (χ3v) is 7.48. The van der Waals surface area contributed by atoms with Crippen LogP contribution in [0.2, 0.25) is 0 Å². The Kier molecular flexibility index (Phi) is 8.77. The van der Waals surface area contributed by atoms with E-state index in [9.17, 15) is 5.26 Å². The van der Waals surface area contributed by atoms with Crippen molar-refractivity contribution in [2.45, 2.75) is 39.2 Å². The third-order valence-electron chi connectivity index (χ3n) is 6.53. The van der Waals surface area contributed by atoms with Crippen LogP contribution in [0.1, 0.15) is 43.4 Å².